The second-order valence-electron chi connectivity index (χ2n) is 8.98. The van der Waals surface area contributed by atoms with Gasteiger partial charge in [0.25, 0.3) is 5.91 Å². The number of hydrogen-bond acceptors (Lipinski definition) is 3. The van der Waals surface area contributed by atoms with Gasteiger partial charge in [0.05, 0.1) is 0 Å². The molecule has 0 spiro atoms. The maximum absolute atomic E-state index is 13.1. The number of rotatable bonds is 7. The summed E-state index contributed by atoms with van der Waals surface area (Å²) >= 11 is 0. The number of fused-ring (bicyclic) bond motifs is 3. The molecule has 1 unspecified atom stereocenters. The third kappa shape index (κ3) is 4.15. The van der Waals surface area contributed by atoms with Crippen molar-refractivity contribution >= 4 is 16.8 Å². The number of aryl methyl sites for hydroxylation is 1. The molecule has 5 heteroatoms. The minimum absolute atomic E-state index is 0.103. The Morgan fingerprint density at radius 2 is 2.00 bits per heavy atom. The maximum Gasteiger partial charge on any atom is 0.253 e. The van der Waals surface area contributed by atoms with Crippen molar-refractivity contribution in [1.29, 1.82) is 0 Å². The summed E-state index contributed by atoms with van der Waals surface area (Å²) in [5.74, 6) is 1.61. The first-order valence-electron chi connectivity index (χ1n) is 11.7. The van der Waals surface area contributed by atoms with Gasteiger partial charge in [-0.05, 0) is 87.5 Å². The van der Waals surface area contributed by atoms with Crippen molar-refractivity contribution < 1.29 is 14.6 Å². The Kier molecular flexibility index (Phi) is 6.79. The Morgan fingerprint density at radius 3 is 2.73 bits per heavy atom. The number of benzene rings is 1. The lowest BCUT2D eigenvalue weighted by Gasteiger charge is -2.33. The minimum Gasteiger partial charge on any atom is -0.396 e. The van der Waals surface area contributed by atoms with E-state index in [1.165, 1.54) is 41.4 Å². The van der Waals surface area contributed by atoms with Crippen LogP contribution in [0.25, 0.3) is 10.9 Å². The number of amides is 1. The summed E-state index contributed by atoms with van der Waals surface area (Å²) in [4.78, 5) is 15.0. The zero-order valence-electron chi connectivity index (χ0n) is 18.5. The monoisotopic (exact) mass is 412 g/mol. The molecule has 1 saturated heterocycles. The van der Waals surface area contributed by atoms with E-state index in [0.717, 1.165) is 56.3 Å². The standard InChI is InChI=1S/C25H36N2O3/c1-3-27(12-4-5-13-28)25(29)20-7-9-24-22(17-20)21-16-19(6-8-23(21)26(24)2)18-10-14-30-15-11-18/h7,9,17-19,28H,3-6,8,10-16H2,1-2H3. The lowest BCUT2D eigenvalue weighted by atomic mass is 9.75. The smallest absolute Gasteiger partial charge is 0.253 e. The Labute approximate surface area is 180 Å². The molecule has 1 atom stereocenters. The molecular weight excluding hydrogens is 376 g/mol. The van der Waals surface area contributed by atoms with Crippen LogP contribution in [0.15, 0.2) is 18.2 Å². The fourth-order valence-corrected chi connectivity index (χ4v) is 5.53. The molecule has 1 amide bonds. The molecule has 2 heterocycles. The van der Waals surface area contributed by atoms with Crippen LogP contribution in [0, 0.1) is 11.8 Å². The van der Waals surface area contributed by atoms with Crippen LogP contribution in [0.2, 0.25) is 0 Å². The van der Waals surface area contributed by atoms with E-state index in [9.17, 15) is 4.79 Å². The van der Waals surface area contributed by atoms with Crippen LogP contribution >= 0.6 is 0 Å². The van der Waals surface area contributed by atoms with Crippen LogP contribution in [0.3, 0.4) is 0 Å². The molecule has 1 aromatic heterocycles. The molecule has 1 aliphatic carbocycles. The van der Waals surface area contributed by atoms with Gasteiger partial charge in [-0.2, -0.15) is 0 Å². The summed E-state index contributed by atoms with van der Waals surface area (Å²) < 4.78 is 7.93. The second-order valence-corrected chi connectivity index (χ2v) is 8.98. The summed E-state index contributed by atoms with van der Waals surface area (Å²) in [5, 5.41) is 10.3. The zero-order valence-corrected chi connectivity index (χ0v) is 18.5. The molecular formula is C25H36N2O3. The van der Waals surface area contributed by atoms with E-state index in [2.05, 4.69) is 23.7 Å². The molecule has 164 valence electrons. The SMILES string of the molecule is CCN(CCCCO)C(=O)c1ccc2c(c1)c1c(n2C)CCC(C2CCOCC2)C1. The van der Waals surface area contributed by atoms with Gasteiger partial charge in [-0.15, -0.1) is 0 Å². The Morgan fingerprint density at radius 1 is 1.20 bits per heavy atom. The van der Waals surface area contributed by atoms with E-state index >= 15 is 0 Å². The van der Waals surface area contributed by atoms with Gasteiger partial charge in [-0.1, -0.05) is 0 Å². The lowest BCUT2D eigenvalue weighted by Crippen LogP contribution is -2.31. The fourth-order valence-electron chi connectivity index (χ4n) is 5.53. The van der Waals surface area contributed by atoms with Gasteiger partial charge in [0.15, 0.2) is 0 Å². The number of hydrogen-bond donors (Lipinski definition) is 1. The highest BCUT2D eigenvalue weighted by molar-refractivity contribution is 5.99. The average Bonchev–Trinajstić information content (AvgIpc) is 3.08. The van der Waals surface area contributed by atoms with Crippen LogP contribution in [-0.4, -0.2) is 53.4 Å². The van der Waals surface area contributed by atoms with E-state index in [0.29, 0.717) is 13.1 Å². The fraction of sp³-hybridized carbons (Fsp3) is 0.640. The molecule has 4 rings (SSSR count). The quantitative estimate of drug-likeness (QED) is 0.701. The van der Waals surface area contributed by atoms with Gasteiger partial charge in [-0.25, -0.2) is 0 Å². The van der Waals surface area contributed by atoms with Gasteiger partial charge >= 0.3 is 0 Å². The number of aromatic nitrogens is 1. The minimum atomic E-state index is 0.103. The van der Waals surface area contributed by atoms with Crippen LogP contribution in [0.4, 0.5) is 0 Å². The van der Waals surface area contributed by atoms with Crippen molar-refractivity contribution in [2.24, 2.45) is 18.9 Å². The molecule has 0 radical (unpaired) electrons. The van der Waals surface area contributed by atoms with Gasteiger partial charge in [0.2, 0.25) is 0 Å². The molecule has 1 aliphatic heterocycles. The number of nitrogens with zero attached hydrogens (tertiary/aromatic N) is 2. The van der Waals surface area contributed by atoms with Crippen molar-refractivity contribution in [3.05, 3.63) is 35.0 Å². The number of aliphatic hydroxyl groups excluding tert-OH is 1. The van der Waals surface area contributed by atoms with E-state index in [1.54, 1.807) is 0 Å². The predicted molar refractivity (Wildman–Crippen MR) is 120 cm³/mol. The maximum atomic E-state index is 13.1. The summed E-state index contributed by atoms with van der Waals surface area (Å²) in [5.41, 5.74) is 4.95. The molecule has 5 nitrogen and oxygen atoms in total. The van der Waals surface area contributed by atoms with Gasteiger partial charge in [-0.3, -0.25) is 4.79 Å². The molecule has 1 aromatic carbocycles. The number of ether oxygens (including phenoxy) is 1. The Balaban J connectivity index is 1.60. The van der Waals surface area contributed by atoms with Crippen molar-refractivity contribution in [2.45, 2.75) is 51.9 Å². The third-order valence-electron chi connectivity index (χ3n) is 7.34. The number of carbonyl (C=O) groups is 1. The molecule has 0 bridgehead atoms. The zero-order chi connectivity index (χ0) is 21.1. The number of unbranched alkanes of at least 4 members (excludes halogenated alkanes) is 1. The van der Waals surface area contributed by atoms with Crippen molar-refractivity contribution in [1.82, 2.24) is 9.47 Å². The first-order valence-corrected chi connectivity index (χ1v) is 11.7. The second kappa shape index (κ2) is 9.52. The molecule has 0 saturated carbocycles. The normalized spacial score (nSPS) is 19.8. The predicted octanol–water partition coefficient (Wildman–Crippen LogP) is 3.94. The van der Waals surface area contributed by atoms with Gasteiger partial charge in [0.1, 0.15) is 0 Å². The summed E-state index contributed by atoms with van der Waals surface area (Å²) in [6.45, 7) is 5.42. The summed E-state index contributed by atoms with van der Waals surface area (Å²) in [6, 6.07) is 6.25. The largest absolute Gasteiger partial charge is 0.396 e. The van der Waals surface area contributed by atoms with Crippen LogP contribution in [-0.2, 0) is 24.6 Å². The molecule has 30 heavy (non-hydrogen) atoms. The van der Waals surface area contributed by atoms with Crippen molar-refractivity contribution in [3.8, 4) is 0 Å². The highest BCUT2D eigenvalue weighted by atomic mass is 16.5. The lowest BCUT2D eigenvalue weighted by molar-refractivity contribution is 0.0439. The molecule has 1 fully saturated rings. The third-order valence-corrected chi connectivity index (χ3v) is 7.34. The van der Waals surface area contributed by atoms with Crippen molar-refractivity contribution in [3.63, 3.8) is 0 Å². The molecule has 1 N–H and O–H groups in total. The van der Waals surface area contributed by atoms with Crippen LogP contribution in [0.5, 0.6) is 0 Å². The topological polar surface area (TPSA) is 54.7 Å². The van der Waals surface area contributed by atoms with E-state index in [1.807, 2.05) is 17.9 Å². The summed E-state index contributed by atoms with van der Waals surface area (Å²) in [7, 11) is 2.17. The van der Waals surface area contributed by atoms with Crippen LogP contribution < -0.4 is 0 Å². The molecule has 2 aromatic rings. The number of carbonyl (C=O) groups excluding carboxylic acids is 1. The first-order chi connectivity index (χ1) is 14.6. The van der Waals surface area contributed by atoms with E-state index in [4.69, 9.17) is 9.84 Å². The van der Waals surface area contributed by atoms with Gasteiger partial charge in [0, 0.05) is 62.1 Å². The number of aliphatic hydroxyl groups is 1. The van der Waals surface area contributed by atoms with Gasteiger partial charge < -0.3 is 19.3 Å². The highest BCUT2D eigenvalue weighted by Crippen LogP contribution is 2.39. The van der Waals surface area contributed by atoms with E-state index < -0.39 is 0 Å². The Hall–Kier alpha value is -1.85. The highest BCUT2D eigenvalue weighted by Gasteiger charge is 2.31. The van der Waals surface area contributed by atoms with Crippen molar-refractivity contribution in [2.75, 3.05) is 32.9 Å². The first kappa shape index (κ1) is 21.4. The van der Waals surface area contributed by atoms with Crippen LogP contribution in [0.1, 0.15) is 60.6 Å². The van der Waals surface area contributed by atoms with E-state index in [-0.39, 0.29) is 12.5 Å². The Bertz CT molecular complexity index is 882. The summed E-state index contributed by atoms with van der Waals surface area (Å²) in [6.07, 6.45) is 7.48. The molecule has 2 aliphatic rings. The average molecular weight is 413 g/mol.